The largest absolute Gasteiger partial charge is 0.334 e. The van der Waals surface area contributed by atoms with E-state index < -0.39 is 5.54 Å². The van der Waals surface area contributed by atoms with Gasteiger partial charge in [0.25, 0.3) is 5.89 Å². The molecular formula is C15H21N3O. The summed E-state index contributed by atoms with van der Waals surface area (Å²) < 4.78 is 5.35. The van der Waals surface area contributed by atoms with E-state index in [2.05, 4.69) is 36.1 Å². The van der Waals surface area contributed by atoms with Crippen LogP contribution in [-0.4, -0.2) is 10.1 Å². The van der Waals surface area contributed by atoms with Gasteiger partial charge in [0.15, 0.2) is 5.82 Å². The van der Waals surface area contributed by atoms with E-state index in [0.717, 1.165) is 18.4 Å². The molecule has 0 aliphatic rings. The van der Waals surface area contributed by atoms with Crippen molar-refractivity contribution in [3.05, 3.63) is 35.2 Å². The van der Waals surface area contributed by atoms with Crippen molar-refractivity contribution in [1.82, 2.24) is 10.1 Å². The van der Waals surface area contributed by atoms with Crippen molar-refractivity contribution < 1.29 is 4.52 Å². The van der Waals surface area contributed by atoms with E-state index in [-0.39, 0.29) is 0 Å². The lowest BCUT2D eigenvalue weighted by Gasteiger charge is -2.21. The summed E-state index contributed by atoms with van der Waals surface area (Å²) in [6.45, 7) is 8.23. The number of aromatic nitrogens is 2. The number of hydrogen-bond donors (Lipinski definition) is 1. The van der Waals surface area contributed by atoms with E-state index >= 15 is 0 Å². The summed E-state index contributed by atoms with van der Waals surface area (Å²) in [5.41, 5.74) is 9.18. The van der Waals surface area contributed by atoms with Crippen LogP contribution in [0, 0.1) is 13.8 Å². The quantitative estimate of drug-likeness (QED) is 0.914. The highest BCUT2D eigenvalue weighted by Crippen LogP contribution is 2.26. The third-order valence-electron chi connectivity index (χ3n) is 3.89. The Bertz CT molecular complexity index is 571. The maximum atomic E-state index is 6.28. The van der Waals surface area contributed by atoms with Crippen LogP contribution < -0.4 is 5.73 Å². The van der Waals surface area contributed by atoms with Crippen LogP contribution in [0.25, 0.3) is 11.5 Å². The van der Waals surface area contributed by atoms with E-state index in [1.807, 2.05) is 19.9 Å². The first-order valence-corrected chi connectivity index (χ1v) is 6.71. The lowest BCUT2D eigenvalue weighted by atomic mass is 9.93. The monoisotopic (exact) mass is 259 g/mol. The Morgan fingerprint density at radius 2 is 1.84 bits per heavy atom. The van der Waals surface area contributed by atoms with Crippen LogP contribution in [0.1, 0.15) is 43.6 Å². The Hall–Kier alpha value is -1.68. The van der Waals surface area contributed by atoms with Gasteiger partial charge in [0.05, 0.1) is 5.54 Å². The Kier molecular flexibility index (Phi) is 3.71. The standard InChI is InChI=1S/C15H21N3O/c1-5-15(16,6-2)14-17-13(19-18-14)12-8-7-10(3)11(4)9-12/h7-9H,5-6,16H2,1-4H3. The van der Waals surface area contributed by atoms with Crippen molar-refractivity contribution >= 4 is 0 Å². The minimum absolute atomic E-state index is 0.499. The van der Waals surface area contributed by atoms with Gasteiger partial charge in [-0.1, -0.05) is 25.1 Å². The Morgan fingerprint density at radius 3 is 2.42 bits per heavy atom. The van der Waals surface area contributed by atoms with Gasteiger partial charge in [-0.25, -0.2) is 0 Å². The van der Waals surface area contributed by atoms with Crippen LogP contribution in [0.3, 0.4) is 0 Å². The lowest BCUT2D eigenvalue weighted by Crippen LogP contribution is -2.36. The molecule has 4 heteroatoms. The molecule has 4 nitrogen and oxygen atoms in total. The molecule has 0 bridgehead atoms. The summed E-state index contributed by atoms with van der Waals surface area (Å²) in [6.07, 6.45) is 1.57. The molecule has 2 aromatic rings. The molecule has 0 saturated carbocycles. The molecule has 0 aliphatic heterocycles. The van der Waals surface area contributed by atoms with Gasteiger partial charge in [0.2, 0.25) is 0 Å². The molecule has 0 spiro atoms. The number of benzene rings is 1. The molecule has 2 N–H and O–H groups in total. The molecule has 0 atom stereocenters. The fourth-order valence-electron chi connectivity index (χ4n) is 1.98. The normalized spacial score (nSPS) is 11.8. The minimum atomic E-state index is -0.499. The van der Waals surface area contributed by atoms with Crippen molar-refractivity contribution in [2.24, 2.45) is 5.73 Å². The molecule has 1 aromatic carbocycles. The SMILES string of the molecule is CCC(N)(CC)c1noc(-c2ccc(C)c(C)c2)n1. The Morgan fingerprint density at radius 1 is 1.16 bits per heavy atom. The van der Waals surface area contributed by atoms with Gasteiger partial charge in [0, 0.05) is 5.56 Å². The topological polar surface area (TPSA) is 64.9 Å². The third kappa shape index (κ3) is 2.54. The summed E-state index contributed by atoms with van der Waals surface area (Å²) in [5, 5.41) is 4.05. The zero-order valence-electron chi connectivity index (χ0n) is 12.0. The number of nitrogens with two attached hydrogens (primary N) is 1. The molecule has 1 heterocycles. The first-order valence-electron chi connectivity index (χ1n) is 6.71. The summed E-state index contributed by atoms with van der Waals surface area (Å²) in [5.74, 6) is 1.13. The van der Waals surface area contributed by atoms with Crippen molar-refractivity contribution in [2.45, 2.75) is 46.1 Å². The molecule has 0 fully saturated rings. The smallest absolute Gasteiger partial charge is 0.258 e. The number of rotatable bonds is 4. The second-order valence-electron chi connectivity index (χ2n) is 5.09. The van der Waals surface area contributed by atoms with Gasteiger partial charge in [-0.15, -0.1) is 0 Å². The summed E-state index contributed by atoms with van der Waals surface area (Å²) >= 11 is 0. The zero-order chi connectivity index (χ0) is 14.0. The van der Waals surface area contributed by atoms with Crippen LogP contribution in [0.4, 0.5) is 0 Å². The summed E-state index contributed by atoms with van der Waals surface area (Å²) in [7, 11) is 0. The van der Waals surface area contributed by atoms with Crippen LogP contribution in [-0.2, 0) is 5.54 Å². The van der Waals surface area contributed by atoms with Crippen LogP contribution in [0.15, 0.2) is 22.7 Å². The maximum Gasteiger partial charge on any atom is 0.258 e. The highest BCUT2D eigenvalue weighted by Gasteiger charge is 2.29. The van der Waals surface area contributed by atoms with E-state index in [1.54, 1.807) is 0 Å². The maximum absolute atomic E-state index is 6.28. The molecule has 2 rings (SSSR count). The molecule has 0 saturated heterocycles. The van der Waals surface area contributed by atoms with Gasteiger partial charge >= 0.3 is 0 Å². The molecule has 0 radical (unpaired) electrons. The zero-order valence-corrected chi connectivity index (χ0v) is 12.0. The van der Waals surface area contributed by atoms with Crippen LogP contribution in [0.2, 0.25) is 0 Å². The van der Waals surface area contributed by atoms with Crippen molar-refractivity contribution in [1.29, 1.82) is 0 Å². The summed E-state index contributed by atoms with van der Waals surface area (Å²) in [6, 6.07) is 6.11. The molecule has 19 heavy (non-hydrogen) atoms. The van der Waals surface area contributed by atoms with E-state index in [1.165, 1.54) is 11.1 Å². The minimum Gasteiger partial charge on any atom is -0.334 e. The average molecular weight is 259 g/mol. The van der Waals surface area contributed by atoms with E-state index in [4.69, 9.17) is 10.3 Å². The van der Waals surface area contributed by atoms with Crippen molar-refractivity contribution in [3.8, 4) is 11.5 Å². The van der Waals surface area contributed by atoms with Crippen molar-refractivity contribution in [3.63, 3.8) is 0 Å². The summed E-state index contributed by atoms with van der Waals surface area (Å²) in [4.78, 5) is 4.46. The predicted octanol–water partition coefficient (Wildman–Crippen LogP) is 3.33. The van der Waals surface area contributed by atoms with Crippen LogP contribution >= 0.6 is 0 Å². The average Bonchev–Trinajstić information content (AvgIpc) is 2.91. The predicted molar refractivity (Wildman–Crippen MR) is 75.7 cm³/mol. The Labute approximate surface area is 114 Å². The number of hydrogen-bond acceptors (Lipinski definition) is 4. The molecule has 0 amide bonds. The molecule has 1 aromatic heterocycles. The van der Waals surface area contributed by atoms with Gasteiger partial charge in [0.1, 0.15) is 0 Å². The molecular weight excluding hydrogens is 238 g/mol. The first kappa shape index (κ1) is 13.7. The third-order valence-corrected chi connectivity index (χ3v) is 3.89. The molecule has 0 unspecified atom stereocenters. The Balaban J connectivity index is 2.38. The highest BCUT2D eigenvalue weighted by molar-refractivity contribution is 5.55. The number of aryl methyl sites for hydroxylation is 2. The first-order chi connectivity index (χ1) is 9.00. The highest BCUT2D eigenvalue weighted by atomic mass is 16.5. The van der Waals surface area contributed by atoms with Gasteiger partial charge in [-0.3, -0.25) is 0 Å². The molecule has 0 aliphatic carbocycles. The van der Waals surface area contributed by atoms with E-state index in [9.17, 15) is 0 Å². The fraction of sp³-hybridized carbons (Fsp3) is 0.467. The fourth-order valence-corrected chi connectivity index (χ4v) is 1.98. The van der Waals surface area contributed by atoms with E-state index in [0.29, 0.717) is 11.7 Å². The number of nitrogens with zero attached hydrogens (tertiary/aromatic N) is 2. The van der Waals surface area contributed by atoms with Gasteiger partial charge in [-0.05, 0) is 49.9 Å². The lowest BCUT2D eigenvalue weighted by molar-refractivity contribution is 0.350. The van der Waals surface area contributed by atoms with Crippen molar-refractivity contribution in [2.75, 3.05) is 0 Å². The second kappa shape index (κ2) is 5.13. The van der Waals surface area contributed by atoms with Gasteiger partial charge < -0.3 is 10.3 Å². The van der Waals surface area contributed by atoms with Gasteiger partial charge in [-0.2, -0.15) is 4.98 Å². The van der Waals surface area contributed by atoms with Crippen LogP contribution in [0.5, 0.6) is 0 Å². The molecule has 102 valence electrons. The second-order valence-corrected chi connectivity index (χ2v) is 5.09.